The van der Waals surface area contributed by atoms with Gasteiger partial charge in [0.15, 0.2) is 0 Å². The Labute approximate surface area is 142 Å². The van der Waals surface area contributed by atoms with Crippen LogP contribution in [0.15, 0.2) is 48.5 Å². The van der Waals surface area contributed by atoms with Gasteiger partial charge >= 0.3 is 0 Å². The number of nitrogens with zero attached hydrogens (tertiary/aromatic N) is 1. The standard InChI is InChI=1S/C20H22N2O2/c1-14-6-8-16(9-7-14)12-22-13-17(11-19(22)23)20(24)21-18-5-3-4-15(2)10-18/h3-10,17H,11-13H2,1-2H3,(H,21,24). The molecule has 1 unspecified atom stereocenters. The van der Waals surface area contributed by atoms with Crippen molar-refractivity contribution in [2.24, 2.45) is 5.92 Å². The van der Waals surface area contributed by atoms with Crippen molar-refractivity contribution in [3.8, 4) is 0 Å². The van der Waals surface area contributed by atoms with Crippen LogP contribution in [0.1, 0.15) is 23.1 Å². The summed E-state index contributed by atoms with van der Waals surface area (Å²) in [4.78, 5) is 26.4. The van der Waals surface area contributed by atoms with Crippen LogP contribution in [-0.2, 0) is 16.1 Å². The lowest BCUT2D eigenvalue weighted by molar-refractivity contribution is -0.128. The zero-order valence-corrected chi connectivity index (χ0v) is 14.1. The molecule has 1 aliphatic heterocycles. The van der Waals surface area contributed by atoms with Gasteiger partial charge in [-0.05, 0) is 37.1 Å². The van der Waals surface area contributed by atoms with Crippen molar-refractivity contribution in [1.29, 1.82) is 0 Å². The fraction of sp³-hybridized carbons (Fsp3) is 0.300. The van der Waals surface area contributed by atoms with Crippen molar-refractivity contribution in [2.45, 2.75) is 26.8 Å². The van der Waals surface area contributed by atoms with Gasteiger partial charge in [0.25, 0.3) is 0 Å². The van der Waals surface area contributed by atoms with E-state index in [4.69, 9.17) is 0 Å². The van der Waals surface area contributed by atoms with Crippen LogP contribution in [0.5, 0.6) is 0 Å². The number of carbonyl (C=O) groups is 2. The third-order valence-corrected chi connectivity index (χ3v) is 4.36. The molecule has 3 rings (SSSR count). The molecule has 1 atom stereocenters. The maximum absolute atomic E-state index is 12.4. The van der Waals surface area contributed by atoms with E-state index in [0.717, 1.165) is 16.8 Å². The summed E-state index contributed by atoms with van der Waals surface area (Å²) in [6.45, 7) is 5.06. The Hall–Kier alpha value is -2.62. The van der Waals surface area contributed by atoms with Gasteiger partial charge in [-0.2, -0.15) is 0 Å². The molecular weight excluding hydrogens is 300 g/mol. The Balaban J connectivity index is 1.61. The fourth-order valence-corrected chi connectivity index (χ4v) is 2.98. The molecule has 2 amide bonds. The Morgan fingerprint density at radius 3 is 2.58 bits per heavy atom. The predicted molar refractivity (Wildman–Crippen MR) is 94.5 cm³/mol. The SMILES string of the molecule is Cc1ccc(CN2CC(C(=O)Nc3cccc(C)c3)CC2=O)cc1. The Morgan fingerprint density at radius 1 is 1.12 bits per heavy atom. The van der Waals surface area contributed by atoms with E-state index >= 15 is 0 Å². The smallest absolute Gasteiger partial charge is 0.229 e. The second kappa shape index (κ2) is 6.87. The minimum atomic E-state index is -0.288. The molecule has 0 radical (unpaired) electrons. The normalized spacial score (nSPS) is 17.2. The van der Waals surface area contributed by atoms with Crippen LogP contribution in [0, 0.1) is 19.8 Å². The monoisotopic (exact) mass is 322 g/mol. The van der Waals surface area contributed by atoms with Crippen LogP contribution in [0.25, 0.3) is 0 Å². The summed E-state index contributed by atoms with van der Waals surface area (Å²) in [6.07, 6.45) is 0.281. The van der Waals surface area contributed by atoms with E-state index < -0.39 is 0 Å². The van der Waals surface area contributed by atoms with Gasteiger partial charge in [0, 0.05) is 25.2 Å². The predicted octanol–water partition coefficient (Wildman–Crippen LogP) is 3.29. The number of hydrogen-bond donors (Lipinski definition) is 1. The van der Waals surface area contributed by atoms with Gasteiger partial charge in [0.05, 0.1) is 5.92 Å². The molecule has 2 aromatic carbocycles. The van der Waals surface area contributed by atoms with Crippen molar-refractivity contribution < 1.29 is 9.59 Å². The zero-order valence-electron chi connectivity index (χ0n) is 14.1. The molecule has 2 aromatic rings. The lowest BCUT2D eigenvalue weighted by Gasteiger charge is -2.17. The lowest BCUT2D eigenvalue weighted by Crippen LogP contribution is -2.28. The number of benzene rings is 2. The molecule has 124 valence electrons. The first-order valence-corrected chi connectivity index (χ1v) is 8.22. The summed E-state index contributed by atoms with van der Waals surface area (Å²) in [5.74, 6) is -0.330. The third kappa shape index (κ3) is 3.82. The topological polar surface area (TPSA) is 49.4 Å². The highest BCUT2D eigenvalue weighted by Crippen LogP contribution is 2.22. The summed E-state index contributed by atoms with van der Waals surface area (Å²) in [7, 11) is 0. The van der Waals surface area contributed by atoms with Crippen molar-refractivity contribution in [3.63, 3.8) is 0 Å². The van der Waals surface area contributed by atoms with Crippen LogP contribution in [0.2, 0.25) is 0 Å². The molecule has 1 heterocycles. The van der Waals surface area contributed by atoms with Gasteiger partial charge in [-0.25, -0.2) is 0 Å². The number of aryl methyl sites for hydroxylation is 2. The lowest BCUT2D eigenvalue weighted by atomic mass is 10.1. The summed E-state index contributed by atoms with van der Waals surface area (Å²) >= 11 is 0. The van der Waals surface area contributed by atoms with Gasteiger partial charge in [-0.3, -0.25) is 9.59 Å². The number of likely N-dealkylation sites (tertiary alicyclic amines) is 1. The fourth-order valence-electron chi connectivity index (χ4n) is 2.98. The highest BCUT2D eigenvalue weighted by Gasteiger charge is 2.34. The van der Waals surface area contributed by atoms with Gasteiger partial charge in [-0.15, -0.1) is 0 Å². The third-order valence-electron chi connectivity index (χ3n) is 4.36. The molecule has 4 nitrogen and oxygen atoms in total. The highest BCUT2D eigenvalue weighted by atomic mass is 16.2. The second-order valence-corrected chi connectivity index (χ2v) is 6.52. The molecule has 1 aliphatic rings. The quantitative estimate of drug-likeness (QED) is 0.939. The van der Waals surface area contributed by atoms with Gasteiger partial charge in [0.1, 0.15) is 0 Å². The minimum absolute atomic E-state index is 0.0416. The molecule has 0 saturated carbocycles. The average Bonchev–Trinajstić information content (AvgIpc) is 2.91. The summed E-state index contributed by atoms with van der Waals surface area (Å²) in [5, 5.41) is 2.92. The molecular formula is C20H22N2O2. The molecule has 24 heavy (non-hydrogen) atoms. The summed E-state index contributed by atoms with van der Waals surface area (Å²) in [6, 6.07) is 15.8. The van der Waals surface area contributed by atoms with Gasteiger partial charge in [-0.1, -0.05) is 42.0 Å². The summed E-state index contributed by atoms with van der Waals surface area (Å²) < 4.78 is 0. The van der Waals surface area contributed by atoms with Crippen molar-refractivity contribution in [2.75, 3.05) is 11.9 Å². The maximum Gasteiger partial charge on any atom is 0.229 e. The number of hydrogen-bond acceptors (Lipinski definition) is 2. The van der Waals surface area contributed by atoms with Crippen LogP contribution in [0.4, 0.5) is 5.69 Å². The average molecular weight is 322 g/mol. The van der Waals surface area contributed by atoms with E-state index in [-0.39, 0.29) is 24.2 Å². The molecule has 0 bridgehead atoms. The minimum Gasteiger partial charge on any atom is -0.338 e. The summed E-state index contributed by atoms with van der Waals surface area (Å²) in [5.41, 5.74) is 4.16. The molecule has 4 heteroatoms. The number of rotatable bonds is 4. The van der Waals surface area contributed by atoms with Gasteiger partial charge < -0.3 is 10.2 Å². The number of nitrogens with one attached hydrogen (secondary N) is 1. The van der Waals surface area contributed by atoms with Crippen LogP contribution < -0.4 is 5.32 Å². The van der Waals surface area contributed by atoms with E-state index in [1.165, 1.54) is 5.56 Å². The first kappa shape index (κ1) is 16.2. The maximum atomic E-state index is 12.4. The van der Waals surface area contributed by atoms with Crippen LogP contribution in [-0.4, -0.2) is 23.3 Å². The van der Waals surface area contributed by atoms with Crippen molar-refractivity contribution >= 4 is 17.5 Å². The largest absolute Gasteiger partial charge is 0.338 e. The van der Waals surface area contributed by atoms with E-state index in [0.29, 0.717) is 13.1 Å². The molecule has 0 spiro atoms. The Kier molecular flexibility index (Phi) is 4.65. The molecule has 1 N–H and O–H groups in total. The number of carbonyl (C=O) groups excluding carboxylic acids is 2. The van der Waals surface area contributed by atoms with E-state index in [2.05, 4.69) is 5.32 Å². The van der Waals surface area contributed by atoms with E-state index in [1.54, 1.807) is 4.90 Å². The molecule has 0 aromatic heterocycles. The van der Waals surface area contributed by atoms with Crippen LogP contribution in [0.3, 0.4) is 0 Å². The van der Waals surface area contributed by atoms with E-state index in [1.807, 2.05) is 62.4 Å². The van der Waals surface area contributed by atoms with E-state index in [9.17, 15) is 9.59 Å². The number of amides is 2. The highest BCUT2D eigenvalue weighted by molar-refractivity contribution is 5.97. The van der Waals surface area contributed by atoms with Crippen LogP contribution >= 0.6 is 0 Å². The molecule has 1 fully saturated rings. The second-order valence-electron chi connectivity index (χ2n) is 6.52. The van der Waals surface area contributed by atoms with Crippen molar-refractivity contribution in [1.82, 2.24) is 4.90 Å². The molecule has 0 aliphatic carbocycles. The molecule has 1 saturated heterocycles. The first-order valence-electron chi connectivity index (χ1n) is 8.22. The zero-order chi connectivity index (χ0) is 17.1. The number of anilines is 1. The Bertz CT molecular complexity index is 752. The first-order chi connectivity index (χ1) is 11.5. The van der Waals surface area contributed by atoms with Gasteiger partial charge in [0.2, 0.25) is 11.8 Å². The Morgan fingerprint density at radius 2 is 1.88 bits per heavy atom. The van der Waals surface area contributed by atoms with Crippen molar-refractivity contribution in [3.05, 3.63) is 65.2 Å².